The Balaban J connectivity index is 2.59. The molecule has 20 heavy (non-hydrogen) atoms. The molecule has 0 unspecified atom stereocenters. The molecule has 0 spiro atoms. The molecule has 0 saturated carbocycles. The maximum Gasteiger partial charge on any atom is 0.143 e. The van der Waals surface area contributed by atoms with Crippen LogP contribution < -0.4 is 22.1 Å². The summed E-state index contributed by atoms with van der Waals surface area (Å²) in [7, 11) is -2.69. The van der Waals surface area contributed by atoms with Crippen LogP contribution in [0.4, 0.5) is 11.4 Å². The van der Waals surface area contributed by atoms with E-state index in [0.717, 1.165) is 10.6 Å². The zero-order valence-corrected chi connectivity index (χ0v) is 12.8. The lowest BCUT2D eigenvalue weighted by atomic mass is 10.3. The van der Waals surface area contributed by atoms with Crippen LogP contribution in [0, 0.1) is 5.92 Å². The quantitative estimate of drug-likeness (QED) is 0.671. The minimum Gasteiger partial charge on any atom is -0.399 e. The van der Waals surface area contributed by atoms with E-state index in [9.17, 15) is 4.57 Å². The number of hydrogen-bond acceptors (Lipinski definition) is 3. The molecule has 0 heterocycles. The molecule has 2 aromatic rings. The van der Waals surface area contributed by atoms with Crippen molar-refractivity contribution in [3.63, 3.8) is 0 Å². The first-order chi connectivity index (χ1) is 9.41. The van der Waals surface area contributed by atoms with Gasteiger partial charge in [0, 0.05) is 28.1 Å². The van der Waals surface area contributed by atoms with Crippen molar-refractivity contribution < 1.29 is 4.57 Å². The molecule has 0 aliphatic carbocycles. The van der Waals surface area contributed by atoms with Crippen LogP contribution in [0.3, 0.4) is 0 Å². The Morgan fingerprint density at radius 3 is 1.75 bits per heavy atom. The summed E-state index contributed by atoms with van der Waals surface area (Å²) in [5.41, 5.74) is 13.0. The molecule has 0 fully saturated rings. The van der Waals surface area contributed by atoms with E-state index in [0.29, 0.717) is 23.5 Å². The zero-order chi connectivity index (χ0) is 14.8. The second kappa shape index (κ2) is 5.72. The molecule has 2 aromatic carbocycles. The first-order valence-electron chi connectivity index (χ1n) is 6.73. The standard InChI is InChI=1S/C16H21N2OP/c1-12(2)11-20(19,15-7-3-5-13(17)9-15)16-8-4-6-14(18)10-16/h3-10,12H,11,17-18H2,1-2H3. The van der Waals surface area contributed by atoms with Crippen LogP contribution in [0.15, 0.2) is 48.5 Å². The molecule has 0 saturated heterocycles. The van der Waals surface area contributed by atoms with Crippen LogP contribution >= 0.6 is 7.14 Å². The van der Waals surface area contributed by atoms with Crippen LogP contribution in [0.5, 0.6) is 0 Å². The molecular formula is C16H21N2OP. The van der Waals surface area contributed by atoms with E-state index in [1.54, 1.807) is 0 Å². The van der Waals surface area contributed by atoms with Gasteiger partial charge in [0.1, 0.15) is 7.14 Å². The van der Waals surface area contributed by atoms with Gasteiger partial charge in [-0.1, -0.05) is 38.1 Å². The van der Waals surface area contributed by atoms with Gasteiger partial charge in [0.2, 0.25) is 0 Å². The van der Waals surface area contributed by atoms with E-state index >= 15 is 0 Å². The van der Waals surface area contributed by atoms with Gasteiger partial charge in [0.05, 0.1) is 0 Å². The predicted molar refractivity (Wildman–Crippen MR) is 88.3 cm³/mol. The average Bonchev–Trinajstić information content (AvgIpc) is 2.38. The molecule has 0 aliphatic heterocycles. The lowest BCUT2D eigenvalue weighted by Gasteiger charge is -2.22. The summed E-state index contributed by atoms with van der Waals surface area (Å²) in [5.74, 6) is 0.323. The van der Waals surface area contributed by atoms with Gasteiger partial charge in [-0.15, -0.1) is 0 Å². The summed E-state index contributed by atoms with van der Waals surface area (Å²) in [5, 5.41) is 1.61. The molecule has 4 heteroatoms. The van der Waals surface area contributed by atoms with E-state index in [1.807, 2.05) is 48.5 Å². The second-order valence-corrected chi connectivity index (χ2v) is 8.38. The van der Waals surface area contributed by atoms with Gasteiger partial charge in [-0.2, -0.15) is 0 Å². The van der Waals surface area contributed by atoms with Gasteiger partial charge in [-0.3, -0.25) is 0 Å². The van der Waals surface area contributed by atoms with Crippen molar-refractivity contribution in [2.45, 2.75) is 13.8 Å². The minimum atomic E-state index is -2.69. The number of benzene rings is 2. The third-order valence-electron chi connectivity index (χ3n) is 3.20. The number of rotatable bonds is 4. The summed E-state index contributed by atoms with van der Waals surface area (Å²) in [6.45, 7) is 4.15. The monoisotopic (exact) mass is 288 g/mol. The van der Waals surface area contributed by atoms with E-state index in [2.05, 4.69) is 13.8 Å². The SMILES string of the molecule is CC(C)CP(=O)(c1cccc(N)c1)c1cccc(N)c1. The predicted octanol–water partition coefficient (Wildman–Crippen LogP) is 2.82. The normalized spacial score (nSPS) is 11.8. The second-order valence-electron chi connectivity index (χ2n) is 5.51. The van der Waals surface area contributed by atoms with E-state index in [-0.39, 0.29) is 0 Å². The van der Waals surface area contributed by atoms with Crippen LogP contribution in [0.1, 0.15) is 13.8 Å². The Labute approximate surface area is 120 Å². The lowest BCUT2D eigenvalue weighted by molar-refractivity contribution is 0.578. The third kappa shape index (κ3) is 3.05. The van der Waals surface area contributed by atoms with Crippen LogP contribution in [0.2, 0.25) is 0 Å². The van der Waals surface area contributed by atoms with Gasteiger partial charge in [-0.05, 0) is 30.2 Å². The summed E-state index contributed by atoms with van der Waals surface area (Å²) in [6, 6.07) is 14.7. The molecule has 0 bridgehead atoms. The van der Waals surface area contributed by atoms with E-state index < -0.39 is 7.14 Å². The summed E-state index contributed by atoms with van der Waals surface area (Å²) >= 11 is 0. The highest BCUT2D eigenvalue weighted by atomic mass is 31.2. The lowest BCUT2D eigenvalue weighted by Crippen LogP contribution is -2.21. The van der Waals surface area contributed by atoms with Crippen molar-refractivity contribution in [3.05, 3.63) is 48.5 Å². The van der Waals surface area contributed by atoms with Gasteiger partial charge in [0.15, 0.2) is 0 Å². The molecule has 0 aromatic heterocycles. The van der Waals surface area contributed by atoms with E-state index in [4.69, 9.17) is 11.5 Å². The fourth-order valence-electron chi connectivity index (χ4n) is 2.37. The van der Waals surface area contributed by atoms with Crippen LogP contribution in [0.25, 0.3) is 0 Å². The molecule has 0 amide bonds. The van der Waals surface area contributed by atoms with Gasteiger partial charge in [0.25, 0.3) is 0 Å². The Bertz CT molecular complexity index is 603. The third-order valence-corrected chi connectivity index (χ3v) is 6.67. The molecule has 4 N–H and O–H groups in total. The maximum absolute atomic E-state index is 13.6. The highest BCUT2D eigenvalue weighted by Crippen LogP contribution is 2.45. The van der Waals surface area contributed by atoms with Crippen molar-refractivity contribution >= 4 is 29.1 Å². The van der Waals surface area contributed by atoms with Crippen molar-refractivity contribution in [1.82, 2.24) is 0 Å². The molecule has 0 aliphatic rings. The Morgan fingerprint density at radius 1 is 0.950 bits per heavy atom. The first kappa shape index (κ1) is 14.7. The van der Waals surface area contributed by atoms with Crippen molar-refractivity contribution in [3.8, 4) is 0 Å². The highest BCUT2D eigenvalue weighted by molar-refractivity contribution is 7.78. The zero-order valence-electron chi connectivity index (χ0n) is 11.9. The molecular weight excluding hydrogens is 267 g/mol. The summed E-state index contributed by atoms with van der Waals surface area (Å²) in [4.78, 5) is 0. The van der Waals surface area contributed by atoms with Gasteiger partial charge >= 0.3 is 0 Å². The Hall–Kier alpha value is -1.73. The number of nitrogen functional groups attached to an aromatic ring is 2. The molecule has 0 radical (unpaired) electrons. The van der Waals surface area contributed by atoms with Crippen molar-refractivity contribution in [2.75, 3.05) is 17.6 Å². The van der Waals surface area contributed by atoms with Crippen LogP contribution in [-0.2, 0) is 4.57 Å². The number of nitrogens with two attached hydrogens (primary N) is 2. The average molecular weight is 288 g/mol. The van der Waals surface area contributed by atoms with Crippen molar-refractivity contribution in [1.29, 1.82) is 0 Å². The Morgan fingerprint density at radius 2 is 1.40 bits per heavy atom. The summed E-state index contributed by atoms with van der Waals surface area (Å²) in [6.07, 6.45) is 0.611. The number of hydrogen-bond donors (Lipinski definition) is 2. The summed E-state index contributed by atoms with van der Waals surface area (Å²) < 4.78 is 13.6. The molecule has 0 atom stereocenters. The topological polar surface area (TPSA) is 69.1 Å². The Kier molecular flexibility index (Phi) is 4.20. The highest BCUT2D eigenvalue weighted by Gasteiger charge is 2.28. The van der Waals surface area contributed by atoms with Crippen LogP contribution in [-0.4, -0.2) is 6.16 Å². The van der Waals surface area contributed by atoms with E-state index in [1.165, 1.54) is 0 Å². The fraction of sp³-hybridized carbons (Fsp3) is 0.250. The fourth-order valence-corrected chi connectivity index (χ4v) is 5.49. The largest absolute Gasteiger partial charge is 0.399 e. The molecule has 3 nitrogen and oxygen atoms in total. The van der Waals surface area contributed by atoms with Gasteiger partial charge in [-0.25, -0.2) is 0 Å². The maximum atomic E-state index is 13.6. The van der Waals surface area contributed by atoms with Gasteiger partial charge < -0.3 is 16.0 Å². The smallest absolute Gasteiger partial charge is 0.143 e. The minimum absolute atomic E-state index is 0.323. The molecule has 106 valence electrons. The first-order valence-corrected chi connectivity index (χ1v) is 8.62. The van der Waals surface area contributed by atoms with Crippen molar-refractivity contribution in [2.24, 2.45) is 5.92 Å². The molecule has 2 rings (SSSR count). The number of anilines is 2.